The number of pyridine rings is 1. The first-order valence-electron chi connectivity index (χ1n) is 9.11. The largest absolute Gasteiger partial charge is 0.484 e. The molecule has 1 aromatic carbocycles. The van der Waals surface area contributed by atoms with E-state index in [1.54, 1.807) is 38.4 Å². The van der Waals surface area contributed by atoms with Crippen molar-refractivity contribution >= 4 is 5.96 Å². The molecule has 0 fully saturated rings. The summed E-state index contributed by atoms with van der Waals surface area (Å²) >= 11 is 0. The predicted molar refractivity (Wildman–Crippen MR) is 105 cm³/mol. The van der Waals surface area contributed by atoms with E-state index in [9.17, 15) is 13.2 Å². The zero-order valence-electron chi connectivity index (χ0n) is 16.6. The van der Waals surface area contributed by atoms with Crippen molar-refractivity contribution in [1.29, 1.82) is 0 Å². The van der Waals surface area contributed by atoms with Crippen molar-refractivity contribution in [3.63, 3.8) is 0 Å². The number of halogens is 3. The minimum atomic E-state index is -4.39. The molecule has 0 aliphatic rings. The number of rotatable bonds is 8. The Labute approximate surface area is 168 Å². The van der Waals surface area contributed by atoms with Gasteiger partial charge >= 0.3 is 6.18 Å². The molecule has 2 N–H and O–H groups in total. The summed E-state index contributed by atoms with van der Waals surface area (Å²) in [7, 11) is 1.55. The van der Waals surface area contributed by atoms with Crippen LogP contribution in [0.5, 0.6) is 11.6 Å². The van der Waals surface area contributed by atoms with Crippen LogP contribution in [0.3, 0.4) is 0 Å². The summed E-state index contributed by atoms with van der Waals surface area (Å²) in [4.78, 5) is 8.61. The van der Waals surface area contributed by atoms with Crippen LogP contribution in [0.25, 0.3) is 0 Å². The summed E-state index contributed by atoms with van der Waals surface area (Å²) in [5.41, 5.74) is 2.32. The first-order valence-corrected chi connectivity index (χ1v) is 9.11. The Morgan fingerprint density at radius 1 is 1.17 bits per heavy atom. The first-order chi connectivity index (χ1) is 13.8. The number of methoxy groups -OCH3 is 1. The molecule has 1 heterocycles. The molecule has 158 valence electrons. The molecular weight excluding hydrogens is 385 g/mol. The second kappa shape index (κ2) is 10.5. The second-order valence-corrected chi connectivity index (χ2v) is 6.27. The predicted octanol–water partition coefficient (Wildman–Crippen LogP) is 3.60. The van der Waals surface area contributed by atoms with Crippen LogP contribution < -0.4 is 20.1 Å². The van der Waals surface area contributed by atoms with Gasteiger partial charge in [0.2, 0.25) is 5.88 Å². The van der Waals surface area contributed by atoms with Gasteiger partial charge in [0, 0.05) is 30.9 Å². The van der Waals surface area contributed by atoms with Crippen LogP contribution in [0.4, 0.5) is 13.2 Å². The quantitative estimate of drug-likeness (QED) is 0.514. The minimum absolute atomic E-state index is 0.199. The lowest BCUT2D eigenvalue weighted by atomic mass is 10.1. The third kappa shape index (κ3) is 7.89. The third-order valence-electron chi connectivity index (χ3n) is 3.83. The number of nitrogens with zero attached hydrogens (tertiary/aromatic N) is 2. The monoisotopic (exact) mass is 410 g/mol. The highest BCUT2D eigenvalue weighted by molar-refractivity contribution is 5.79. The van der Waals surface area contributed by atoms with E-state index in [-0.39, 0.29) is 12.3 Å². The highest BCUT2D eigenvalue weighted by Gasteiger charge is 2.28. The fourth-order valence-electron chi connectivity index (χ4n) is 2.42. The Hall–Kier alpha value is -2.97. The molecule has 2 rings (SSSR count). The number of aromatic nitrogens is 1. The van der Waals surface area contributed by atoms with E-state index in [1.165, 1.54) is 0 Å². The van der Waals surface area contributed by atoms with Gasteiger partial charge in [-0.05, 0) is 31.0 Å². The van der Waals surface area contributed by atoms with Gasteiger partial charge in [0.1, 0.15) is 5.75 Å². The maximum Gasteiger partial charge on any atom is 0.422 e. The molecule has 0 saturated heterocycles. The van der Waals surface area contributed by atoms with Gasteiger partial charge in [0.25, 0.3) is 0 Å². The second-order valence-electron chi connectivity index (χ2n) is 6.27. The average Bonchev–Trinajstić information content (AvgIpc) is 2.69. The number of guanidine groups is 1. The zero-order chi connectivity index (χ0) is 21.3. The summed E-state index contributed by atoms with van der Waals surface area (Å²) in [6, 6.07) is 8.77. The lowest BCUT2D eigenvalue weighted by molar-refractivity contribution is -0.153. The number of nitrogens with one attached hydrogen (secondary N) is 2. The van der Waals surface area contributed by atoms with Crippen molar-refractivity contribution in [1.82, 2.24) is 15.6 Å². The number of aliphatic imine (C=N–C) groups is 1. The Kier molecular flexibility index (Phi) is 8.11. The van der Waals surface area contributed by atoms with E-state index >= 15 is 0 Å². The molecule has 0 bridgehead atoms. The maximum atomic E-state index is 12.5. The molecule has 0 aliphatic carbocycles. The van der Waals surface area contributed by atoms with E-state index in [1.807, 2.05) is 19.1 Å². The van der Waals surface area contributed by atoms with Gasteiger partial charge in [-0.15, -0.1) is 0 Å². The summed E-state index contributed by atoms with van der Waals surface area (Å²) in [6.45, 7) is 3.68. The maximum absolute atomic E-state index is 12.5. The Balaban J connectivity index is 2.05. The van der Waals surface area contributed by atoms with Crippen LogP contribution >= 0.6 is 0 Å². The van der Waals surface area contributed by atoms with Crippen LogP contribution in [0.15, 0.2) is 41.5 Å². The van der Waals surface area contributed by atoms with Gasteiger partial charge < -0.3 is 20.1 Å². The van der Waals surface area contributed by atoms with E-state index in [0.29, 0.717) is 30.5 Å². The van der Waals surface area contributed by atoms with Gasteiger partial charge in [-0.3, -0.25) is 0 Å². The van der Waals surface area contributed by atoms with Crippen molar-refractivity contribution in [2.75, 3.05) is 20.3 Å². The molecule has 2 aromatic rings. The fourth-order valence-corrected chi connectivity index (χ4v) is 2.42. The molecule has 0 saturated carbocycles. The van der Waals surface area contributed by atoms with E-state index in [2.05, 4.69) is 20.6 Å². The molecule has 0 amide bonds. The van der Waals surface area contributed by atoms with Crippen molar-refractivity contribution in [2.24, 2.45) is 4.99 Å². The van der Waals surface area contributed by atoms with Crippen molar-refractivity contribution in [2.45, 2.75) is 33.1 Å². The van der Waals surface area contributed by atoms with Crippen molar-refractivity contribution < 1.29 is 22.6 Å². The van der Waals surface area contributed by atoms with Crippen LogP contribution in [-0.2, 0) is 13.1 Å². The van der Waals surface area contributed by atoms with Crippen molar-refractivity contribution in [3.8, 4) is 11.6 Å². The number of alkyl halides is 3. The molecule has 0 radical (unpaired) electrons. The lowest BCUT2D eigenvalue weighted by Gasteiger charge is -2.16. The molecule has 1 aromatic heterocycles. The summed E-state index contributed by atoms with van der Waals surface area (Å²) < 4.78 is 47.6. The Bertz CT molecular complexity index is 808. The summed E-state index contributed by atoms with van der Waals surface area (Å²) in [5, 5.41) is 6.23. The fraction of sp³-hybridized carbons (Fsp3) is 0.400. The third-order valence-corrected chi connectivity index (χ3v) is 3.83. The first kappa shape index (κ1) is 22.3. The highest BCUT2D eigenvalue weighted by Crippen LogP contribution is 2.23. The number of hydrogen-bond donors (Lipinski definition) is 2. The Morgan fingerprint density at radius 3 is 2.59 bits per heavy atom. The number of hydrogen-bond acceptors (Lipinski definition) is 4. The molecule has 9 heteroatoms. The molecular formula is C20H25F3N4O2. The van der Waals surface area contributed by atoms with Gasteiger partial charge in [0.15, 0.2) is 12.6 Å². The number of benzene rings is 1. The van der Waals surface area contributed by atoms with Gasteiger partial charge in [-0.2, -0.15) is 13.2 Å². The average molecular weight is 410 g/mol. The van der Waals surface area contributed by atoms with Crippen LogP contribution in [0, 0.1) is 6.92 Å². The molecule has 0 spiro atoms. The van der Waals surface area contributed by atoms with Gasteiger partial charge in [-0.1, -0.05) is 18.2 Å². The van der Waals surface area contributed by atoms with E-state index in [4.69, 9.17) is 9.47 Å². The standard InChI is InChI=1S/C20H25F3N4O2/c1-4-24-19(26-11-15-6-8-18(28-3)25-10-15)27-12-16-7-5-14(2)9-17(16)29-13-20(21,22)23/h5-10H,4,11-13H2,1-3H3,(H2,24,26,27). The minimum Gasteiger partial charge on any atom is -0.484 e. The molecule has 6 nitrogen and oxygen atoms in total. The summed E-state index contributed by atoms with van der Waals surface area (Å²) in [5.74, 6) is 1.25. The highest BCUT2D eigenvalue weighted by atomic mass is 19.4. The van der Waals surface area contributed by atoms with Crippen molar-refractivity contribution in [3.05, 3.63) is 53.2 Å². The lowest BCUT2D eigenvalue weighted by Crippen LogP contribution is -2.37. The number of ether oxygens (including phenoxy) is 2. The molecule has 0 atom stereocenters. The molecule has 29 heavy (non-hydrogen) atoms. The Morgan fingerprint density at radius 2 is 1.97 bits per heavy atom. The van der Waals surface area contributed by atoms with E-state index < -0.39 is 12.8 Å². The van der Waals surface area contributed by atoms with E-state index in [0.717, 1.165) is 11.1 Å². The SMILES string of the molecule is CCNC(=NCc1ccc(OC)nc1)NCc1ccc(C)cc1OCC(F)(F)F. The molecule has 0 unspecified atom stereocenters. The molecule has 0 aliphatic heterocycles. The topological polar surface area (TPSA) is 67.8 Å². The van der Waals surface area contributed by atoms with Gasteiger partial charge in [-0.25, -0.2) is 9.98 Å². The smallest absolute Gasteiger partial charge is 0.422 e. The zero-order valence-corrected chi connectivity index (χ0v) is 16.6. The number of aryl methyl sites for hydroxylation is 1. The van der Waals surface area contributed by atoms with Crippen LogP contribution in [0.2, 0.25) is 0 Å². The normalized spacial score (nSPS) is 11.9. The summed E-state index contributed by atoms with van der Waals surface area (Å²) in [6.07, 6.45) is -2.72. The van der Waals surface area contributed by atoms with Crippen LogP contribution in [0.1, 0.15) is 23.6 Å². The van der Waals surface area contributed by atoms with Crippen LogP contribution in [-0.4, -0.2) is 37.4 Å². The van der Waals surface area contributed by atoms with Gasteiger partial charge in [0.05, 0.1) is 13.7 Å².